The number of nitrogens with zero attached hydrogens (tertiary/aromatic N) is 4. The van der Waals surface area contributed by atoms with E-state index in [0.717, 1.165) is 28.4 Å². The second-order valence-electron chi connectivity index (χ2n) is 6.03. The van der Waals surface area contributed by atoms with Gasteiger partial charge in [0.15, 0.2) is 0 Å². The van der Waals surface area contributed by atoms with E-state index in [1.165, 1.54) is 6.33 Å². The van der Waals surface area contributed by atoms with E-state index in [1.54, 1.807) is 4.52 Å². The molecule has 0 spiro atoms. The third-order valence-corrected chi connectivity index (χ3v) is 4.03. The highest BCUT2D eigenvalue weighted by Gasteiger charge is 2.05. The number of benzene rings is 2. The summed E-state index contributed by atoms with van der Waals surface area (Å²) < 4.78 is 7.52. The standard InChI is InChI=1S/C20H19N5O/c1-15-11-19(25-20(24-15)22-14-23-25)21-12-16-7-9-18(10-8-16)26-13-17-5-3-2-4-6-17/h2-11,14,21H,12-13H2,1H3. The van der Waals surface area contributed by atoms with Crippen LogP contribution in [-0.2, 0) is 13.2 Å². The van der Waals surface area contributed by atoms with Crippen LogP contribution >= 0.6 is 0 Å². The SMILES string of the molecule is Cc1cc(NCc2ccc(OCc3ccccc3)cc2)n2ncnc2n1. The maximum atomic E-state index is 5.82. The van der Waals surface area contributed by atoms with Crippen LogP contribution in [0, 0.1) is 6.92 Å². The lowest BCUT2D eigenvalue weighted by atomic mass is 10.2. The minimum Gasteiger partial charge on any atom is -0.489 e. The quantitative estimate of drug-likeness (QED) is 0.578. The lowest BCUT2D eigenvalue weighted by molar-refractivity contribution is 0.306. The molecule has 0 bridgehead atoms. The molecule has 0 aliphatic carbocycles. The number of ether oxygens (including phenoxy) is 1. The summed E-state index contributed by atoms with van der Waals surface area (Å²) in [6.45, 7) is 3.19. The monoisotopic (exact) mass is 345 g/mol. The number of aryl methyl sites for hydroxylation is 1. The number of anilines is 1. The largest absolute Gasteiger partial charge is 0.489 e. The third-order valence-electron chi connectivity index (χ3n) is 4.03. The summed E-state index contributed by atoms with van der Waals surface area (Å²) in [4.78, 5) is 8.48. The molecule has 1 N–H and O–H groups in total. The number of hydrogen-bond donors (Lipinski definition) is 1. The highest BCUT2D eigenvalue weighted by molar-refractivity contribution is 5.45. The number of nitrogens with one attached hydrogen (secondary N) is 1. The van der Waals surface area contributed by atoms with Crippen LogP contribution < -0.4 is 10.1 Å². The van der Waals surface area contributed by atoms with Crippen molar-refractivity contribution in [1.29, 1.82) is 0 Å². The molecular formula is C20H19N5O. The van der Waals surface area contributed by atoms with Gasteiger partial charge in [-0.3, -0.25) is 0 Å². The minimum absolute atomic E-state index is 0.568. The van der Waals surface area contributed by atoms with Crippen molar-refractivity contribution in [1.82, 2.24) is 19.6 Å². The molecule has 2 aromatic carbocycles. The maximum Gasteiger partial charge on any atom is 0.254 e. The topological polar surface area (TPSA) is 64.3 Å². The molecular weight excluding hydrogens is 326 g/mol. The normalized spacial score (nSPS) is 10.8. The van der Waals surface area contributed by atoms with Gasteiger partial charge in [0.2, 0.25) is 0 Å². The predicted octanol–water partition coefficient (Wildman–Crippen LogP) is 3.62. The zero-order chi connectivity index (χ0) is 17.8. The van der Waals surface area contributed by atoms with Crippen molar-refractivity contribution in [3.05, 3.63) is 83.8 Å². The summed E-state index contributed by atoms with van der Waals surface area (Å²) in [5.41, 5.74) is 3.21. The van der Waals surface area contributed by atoms with E-state index in [4.69, 9.17) is 4.74 Å². The Hall–Kier alpha value is -3.41. The Morgan fingerprint density at radius 2 is 1.81 bits per heavy atom. The van der Waals surface area contributed by atoms with Crippen LogP contribution in [0.1, 0.15) is 16.8 Å². The Labute approximate surface area is 151 Å². The summed E-state index contributed by atoms with van der Waals surface area (Å²) in [5, 5.41) is 7.59. The van der Waals surface area contributed by atoms with Crippen molar-refractivity contribution in [2.75, 3.05) is 5.32 Å². The first-order valence-corrected chi connectivity index (χ1v) is 8.45. The molecule has 130 valence electrons. The number of fused-ring (bicyclic) bond motifs is 1. The van der Waals surface area contributed by atoms with Gasteiger partial charge in [0.1, 0.15) is 24.5 Å². The molecule has 2 heterocycles. The fourth-order valence-corrected chi connectivity index (χ4v) is 2.69. The third kappa shape index (κ3) is 3.64. The fraction of sp³-hybridized carbons (Fsp3) is 0.150. The van der Waals surface area contributed by atoms with Crippen molar-refractivity contribution >= 4 is 11.6 Å². The lowest BCUT2D eigenvalue weighted by Crippen LogP contribution is -2.07. The van der Waals surface area contributed by atoms with Crippen LogP contribution in [0.2, 0.25) is 0 Å². The van der Waals surface area contributed by atoms with Gasteiger partial charge in [-0.1, -0.05) is 42.5 Å². The van der Waals surface area contributed by atoms with Gasteiger partial charge in [0.05, 0.1) is 0 Å². The molecule has 6 heteroatoms. The van der Waals surface area contributed by atoms with E-state index < -0.39 is 0 Å². The smallest absolute Gasteiger partial charge is 0.254 e. The van der Waals surface area contributed by atoms with Crippen LogP contribution in [0.4, 0.5) is 5.82 Å². The molecule has 0 saturated heterocycles. The van der Waals surface area contributed by atoms with Crippen LogP contribution in [0.15, 0.2) is 67.0 Å². The molecule has 0 unspecified atom stereocenters. The van der Waals surface area contributed by atoms with Gasteiger partial charge in [-0.2, -0.15) is 14.6 Å². The van der Waals surface area contributed by atoms with E-state index in [2.05, 4.69) is 44.6 Å². The Bertz CT molecular complexity index is 996. The second kappa shape index (κ2) is 7.23. The molecule has 0 radical (unpaired) electrons. The molecule has 4 aromatic rings. The fourth-order valence-electron chi connectivity index (χ4n) is 2.69. The Kier molecular flexibility index (Phi) is 4.47. The molecule has 4 rings (SSSR count). The highest BCUT2D eigenvalue weighted by Crippen LogP contribution is 2.16. The van der Waals surface area contributed by atoms with Gasteiger partial charge in [-0.25, -0.2) is 4.98 Å². The lowest BCUT2D eigenvalue weighted by Gasteiger charge is -2.10. The summed E-state index contributed by atoms with van der Waals surface area (Å²) in [5.74, 6) is 2.32. The van der Waals surface area contributed by atoms with E-state index in [9.17, 15) is 0 Å². The Morgan fingerprint density at radius 1 is 1.00 bits per heavy atom. The summed E-state index contributed by atoms with van der Waals surface area (Å²) in [6.07, 6.45) is 1.51. The van der Waals surface area contributed by atoms with E-state index in [-0.39, 0.29) is 0 Å². The van der Waals surface area contributed by atoms with Crippen LogP contribution in [-0.4, -0.2) is 19.6 Å². The first-order valence-electron chi connectivity index (χ1n) is 8.45. The van der Waals surface area contributed by atoms with Gasteiger partial charge < -0.3 is 10.1 Å². The molecule has 26 heavy (non-hydrogen) atoms. The molecule has 0 atom stereocenters. The Balaban J connectivity index is 1.39. The number of hydrogen-bond acceptors (Lipinski definition) is 5. The molecule has 2 aromatic heterocycles. The molecule has 0 aliphatic rings. The number of rotatable bonds is 6. The second-order valence-corrected chi connectivity index (χ2v) is 6.03. The zero-order valence-electron chi connectivity index (χ0n) is 14.5. The minimum atomic E-state index is 0.568. The maximum absolute atomic E-state index is 5.82. The predicted molar refractivity (Wildman–Crippen MR) is 100 cm³/mol. The zero-order valence-corrected chi connectivity index (χ0v) is 14.5. The van der Waals surface area contributed by atoms with E-state index >= 15 is 0 Å². The highest BCUT2D eigenvalue weighted by atomic mass is 16.5. The molecule has 0 aliphatic heterocycles. The van der Waals surface area contributed by atoms with Gasteiger partial charge in [-0.05, 0) is 30.2 Å². The summed E-state index contributed by atoms with van der Waals surface area (Å²) in [6, 6.07) is 20.2. The van der Waals surface area contributed by atoms with Crippen molar-refractivity contribution in [3.63, 3.8) is 0 Å². The molecule has 0 amide bonds. The average Bonchev–Trinajstić information content (AvgIpc) is 3.14. The summed E-state index contributed by atoms with van der Waals surface area (Å²) >= 11 is 0. The van der Waals surface area contributed by atoms with E-state index in [1.807, 2.05) is 43.3 Å². The van der Waals surface area contributed by atoms with Crippen LogP contribution in [0.25, 0.3) is 5.78 Å². The van der Waals surface area contributed by atoms with Gasteiger partial charge in [-0.15, -0.1) is 0 Å². The Morgan fingerprint density at radius 3 is 2.62 bits per heavy atom. The van der Waals surface area contributed by atoms with Gasteiger partial charge >= 0.3 is 0 Å². The molecule has 0 saturated carbocycles. The van der Waals surface area contributed by atoms with Crippen molar-refractivity contribution in [2.24, 2.45) is 0 Å². The first kappa shape index (κ1) is 16.1. The van der Waals surface area contributed by atoms with Crippen LogP contribution in [0.3, 0.4) is 0 Å². The van der Waals surface area contributed by atoms with Crippen molar-refractivity contribution in [2.45, 2.75) is 20.1 Å². The molecule has 0 fully saturated rings. The first-order chi connectivity index (χ1) is 12.8. The van der Waals surface area contributed by atoms with Gasteiger partial charge in [0.25, 0.3) is 5.78 Å². The van der Waals surface area contributed by atoms with Crippen LogP contribution in [0.5, 0.6) is 5.75 Å². The average molecular weight is 345 g/mol. The number of aromatic nitrogens is 4. The van der Waals surface area contributed by atoms with Gasteiger partial charge in [0, 0.05) is 18.3 Å². The van der Waals surface area contributed by atoms with E-state index in [0.29, 0.717) is 18.9 Å². The summed E-state index contributed by atoms with van der Waals surface area (Å²) in [7, 11) is 0. The van der Waals surface area contributed by atoms with Crippen molar-refractivity contribution in [3.8, 4) is 5.75 Å². The van der Waals surface area contributed by atoms with Crippen molar-refractivity contribution < 1.29 is 4.74 Å². The molecule has 6 nitrogen and oxygen atoms in total.